The molecule has 1 aromatic carbocycles. The highest BCUT2D eigenvalue weighted by Crippen LogP contribution is 2.20. The van der Waals surface area contributed by atoms with Gasteiger partial charge < -0.3 is 11.1 Å². The number of amides is 1. The lowest BCUT2D eigenvalue weighted by Gasteiger charge is -2.08. The van der Waals surface area contributed by atoms with E-state index in [1.165, 1.54) is 18.2 Å². The number of nitrogens with two attached hydrogens (primary N) is 1. The summed E-state index contributed by atoms with van der Waals surface area (Å²) in [6.45, 7) is 3.69. The van der Waals surface area contributed by atoms with Gasteiger partial charge in [0.1, 0.15) is 12.4 Å². The third kappa shape index (κ3) is 2.98. The van der Waals surface area contributed by atoms with E-state index in [4.69, 9.17) is 5.73 Å². The monoisotopic (exact) mass is 340 g/mol. The molecule has 1 amide bonds. The minimum Gasteiger partial charge on any atom is -0.399 e. The Bertz CT molecular complexity index is 669. The first-order valence-electron chi connectivity index (χ1n) is 5.93. The van der Waals surface area contributed by atoms with Crippen LogP contribution in [0.5, 0.6) is 0 Å². The molecule has 0 bridgehead atoms. The Morgan fingerprint density at radius 2 is 2.20 bits per heavy atom. The second kappa shape index (κ2) is 5.62. The average molecular weight is 341 g/mol. The van der Waals surface area contributed by atoms with Crippen LogP contribution in [0.4, 0.5) is 15.8 Å². The Labute approximate surface area is 124 Å². The van der Waals surface area contributed by atoms with Crippen LogP contribution in [0.15, 0.2) is 22.7 Å². The first kappa shape index (κ1) is 14.5. The van der Waals surface area contributed by atoms with Crippen molar-refractivity contribution in [3.8, 4) is 0 Å². The number of hydrogen-bond acceptors (Lipinski definition) is 3. The molecule has 0 aliphatic carbocycles. The molecule has 2 aromatic rings. The Morgan fingerprint density at radius 1 is 1.50 bits per heavy atom. The number of hydrogen-bond donors (Lipinski definition) is 2. The molecule has 106 valence electrons. The largest absolute Gasteiger partial charge is 0.399 e. The maximum atomic E-state index is 13.5. The molecule has 0 aliphatic rings. The first-order chi connectivity index (χ1) is 9.38. The van der Waals surface area contributed by atoms with Gasteiger partial charge in [-0.05, 0) is 48.0 Å². The van der Waals surface area contributed by atoms with Crippen LogP contribution in [0.2, 0.25) is 0 Å². The van der Waals surface area contributed by atoms with Crippen LogP contribution in [-0.2, 0) is 11.3 Å². The summed E-state index contributed by atoms with van der Waals surface area (Å²) in [5, 5.41) is 6.71. The molecule has 0 saturated heterocycles. The molecule has 3 N–H and O–H groups in total. The zero-order valence-corrected chi connectivity index (χ0v) is 12.7. The van der Waals surface area contributed by atoms with Gasteiger partial charge in [-0.3, -0.25) is 9.48 Å². The highest BCUT2D eigenvalue weighted by atomic mass is 79.9. The van der Waals surface area contributed by atoms with E-state index in [0.717, 1.165) is 15.9 Å². The summed E-state index contributed by atoms with van der Waals surface area (Å²) in [6.07, 6.45) is 0. The van der Waals surface area contributed by atoms with Crippen LogP contribution in [0.25, 0.3) is 0 Å². The van der Waals surface area contributed by atoms with Gasteiger partial charge in [-0.25, -0.2) is 4.39 Å². The summed E-state index contributed by atoms with van der Waals surface area (Å²) in [6, 6.07) is 4.03. The Balaban J connectivity index is 2.13. The normalized spacial score (nSPS) is 10.6. The number of aryl methyl sites for hydroxylation is 1. The van der Waals surface area contributed by atoms with Gasteiger partial charge in [0, 0.05) is 5.69 Å². The van der Waals surface area contributed by atoms with E-state index in [9.17, 15) is 9.18 Å². The Kier molecular flexibility index (Phi) is 4.08. The predicted molar refractivity (Wildman–Crippen MR) is 78.8 cm³/mol. The molecular weight excluding hydrogens is 327 g/mol. The van der Waals surface area contributed by atoms with E-state index >= 15 is 0 Å². The van der Waals surface area contributed by atoms with Crippen molar-refractivity contribution < 1.29 is 9.18 Å². The van der Waals surface area contributed by atoms with Crippen LogP contribution in [0.1, 0.15) is 11.4 Å². The van der Waals surface area contributed by atoms with Crippen molar-refractivity contribution in [2.45, 2.75) is 20.4 Å². The number of carbonyl (C=O) groups is 1. The fourth-order valence-corrected chi connectivity index (χ4v) is 2.08. The molecule has 0 spiro atoms. The lowest BCUT2D eigenvalue weighted by atomic mass is 10.2. The van der Waals surface area contributed by atoms with Crippen molar-refractivity contribution in [1.82, 2.24) is 9.78 Å². The van der Waals surface area contributed by atoms with Gasteiger partial charge in [0.25, 0.3) is 0 Å². The van der Waals surface area contributed by atoms with Gasteiger partial charge in [0.05, 0.1) is 21.5 Å². The smallest absolute Gasteiger partial charge is 0.246 e. The molecular formula is C13H14BrFN4O. The number of carbonyl (C=O) groups excluding carboxylic acids is 1. The molecule has 2 rings (SSSR count). The predicted octanol–water partition coefficient (Wildman–Crippen LogP) is 2.62. The van der Waals surface area contributed by atoms with Crippen LogP contribution in [-0.4, -0.2) is 15.7 Å². The topological polar surface area (TPSA) is 72.9 Å². The van der Waals surface area contributed by atoms with Crippen molar-refractivity contribution in [1.29, 1.82) is 0 Å². The summed E-state index contributed by atoms with van der Waals surface area (Å²) in [4.78, 5) is 11.9. The molecule has 0 fully saturated rings. The van der Waals surface area contributed by atoms with Crippen molar-refractivity contribution in [3.63, 3.8) is 0 Å². The van der Waals surface area contributed by atoms with Crippen LogP contribution in [0, 0.1) is 19.7 Å². The molecule has 20 heavy (non-hydrogen) atoms. The molecule has 1 aromatic heterocycles. The lowest BCUT2D eigenvalue weighted by Crippen LogP contribution is -2.21. The van der Waals surface area contributed by atoms with E-state index in [2.05, 4.69) is 26.3 Å². The number of nitrogens with one attached hydrogen (secondary N) is 1. The van der Waals surface area contributed by atoms with E-state index in [1.807, 2.05) is 13.8 Å². The van der Waals surface area contributed by atoms with Crippen molar-refractivity contribution >= 4 is 33.2 Å². The SMILES string of the molecule is Cc1nn(CC(=O)Nc2cc(N)ccc2F)c(C)c1Br. The van der Waals surface area contributed by atoms with Gasteiger partial charge in [-0.2, -0.15) is 5.10 Å². The summed E-state index contributed by atoms with van der Waals surface area (Å²) >= 11 is 3.39. The molecule has 5 nitrogen and oxygen atoms in total. The number of rotatable bonds is 3. The third-order valence-corrected chi connectivity index (χ3v) is 4.00. The number of nitrogen functional groups attached to an aromatic ring is 1. The minimum atomic E-state index is -0.526. The van der Waals surface area contributed by atoms with Crippen molar-refractivity contribution in [3.05, 3.63) is 39.9 Å². The number of aromatic nitrogens is 2. The van der Waals surface area contributed by atoms with Crippen LogP contribution >= 0.6 is 15.9 Å². The van der Waals surface area contributed by atoms with E-state index in [1.54, 1.807) is 4.68 Å². The number of halogens is 2. The van der Waals surface area contributed by atoms with Gasteiger partial charge in [-0.1, -0.05) is 0 Å². The fraction of sp³-hybridized carbons (Fsp3) is 0.231. The summed E-state index contributed by atoms with van der Waals surface area (Å²) in [5.74, 6) is -0.894. The molecule has 0 aliphatic heterocycles. The summed E-state index contributed by atoms with van der Waals surface area (Å²) < 4.78 is 15.9. The minimum absolute atomic E-state index is 0.00646. The van der Waals surface area contributed by atoms with Crippen molar-refractivity contribution in [2.75, 3.05) is 11.1 Å². The zero-order chi connectivity index (χ0) is 14.9. The average Bonchev–Trinajstić information content (AvgIpc) is 2.61. The van der Waals surface area contributed by atoms with E-state index in [-0.39, 0.29) is 18.1 Å². The second-order valence-electron chi connectivity index (χ2n) is 4.43. The third-order valence-electron chi connectivity index (χ3n) is 2.85. The number of anilines is 2. The van der Waals surface area contributed by atoms with E-state index < -0.39 is 5.82 Å². The molecule has 0 unspecified atom stereocenters. The second-order valence-corrected chi connectivity index (χ2v) is 5.22. The lowest BCUT2D eigenvalue weighted by molar-refractivity contribution is -0.117. The summed E-state index contributed by atoms with van der Waals surface area (Å²) in [7, 11) is 0. The fourth-order valence-electron chi connectivity index (χ4n) is 1.79. The molecule has 7 heteroatoms. The zero-order valence-electron chi connectivity index (χ0n) is 11.1. The maximum Gasteiger partial charge on any atom is 0.246 e. The van der Waals surface area contributed by atoms with Gasteiger partial charge >= 0.3 is 0 Å². The number of benzene rings is 1. The highest BCUT2D eigenvalue weighted by Gasteiger charge is 2.13. The Hall–Kier alpha value is -1.89. The van der Waals surface area contributed by atoms with Crippen LogP contribution < -0.4 is 11.1 Å². The molecule has 0 radical (unpaired) electrons. The standard InChI is InChI=1S/C13H14BrFN4O/c1-7-13(14)8(2)19(18-7)6-12(20)17-11-5-9(16)3-4-10(11)15/h3-5H,6,16H2,1-2H3,(H,17,20). The Morgan fingerprint density at radius 3 is 2.80 bits per heavy atom. The van der Waals surface area contributed by atoms with E-state index in [0.29, 0.717) is 5.69 Å². The maximum absolute atomic E-state index is 13.5. The first-order valence-corrected chi connectivity index (χ1v) is 6.72. The molecule has 0 saturated carbocycles. The van der Waals surface area contributed by atoms with Crippen LogP contribution in [0.3, 0.4) is 0 Å². The van der Waals surface area contributed by atoms with Gasteiger partial charge in [0.2, 0.25) is 5.91 Å². The molecule has 1 heterocycles. The summed E-state index contributed by atoms with van der Waals surface area (Å²) in [5.41, 5.74) is 7.65. The quantitative estimate of drug-likeness (QED) is 0.843. The number of nitrogens with zero attached hydrogens (tertiary/aromatic N) is 2. The molecule has 0 atom stereocenters. The van der Waals surface area contributed by atoms with Gasteiger partial charge in [-0.15, -0.1) is 0 Å². The van der Waals surface area contributed by atoms with Gasteiger partial charge in [0.15, 0.2) is 0 Å². The highest BCUT2D eigenvalue weighted by molar-refractivity contribution is 9.10. The van der Waals surface area contributed by atoms with Crippen molar-refractivity contribution in [2.24, 2.45) is 0 Å².